The van der Waals surface area contributed by atoms with Gasteiger partial charge in [0, 0.05) is 0 Å². The SMILES string of the molecule is CC1CC2CC=CC=C2[CH]1[Zr+2][CH]1CCC2CC=CC=C21.[Cl-].[Cl-]. The zero-order valence-corrected chi connectivity index (χ0v) is 17.1. The molecule has 0 radical (unpaired) electrons. The van der Waals surface area contributed by atoms with E-state index in [0.29, 0.717) is 0 Å². The Hall–Kier alpha value is 0.423. The fraction of sp³-hybridized carbons (Fsp3) is 0.579. The van der Waals surface area contributed by atoms with Crippen molar-refractivity contribution in [2.75, 3.05) is 0 Å². The van der Waals surface area contributed by atoms with Crippen molar-refractivity contribution in [3.63, 3.8) is 0 Å². The van der Waals surface area contributed by atoms with Gasteiger partial charge in [0.05, 0.1) is 0 Å². The molecule has 4 rings (SSSR count). The maximum absolute atomic E-state index is 2.53. The Balaban J connectivity index is 0.000000882. The molecule has 0 aliphatic heterocycles. The van der Waals surface area contributed by atoms with Crippen molar-refractivity contribution in [3.8, 4) is 0 Å². The predicted molar refractivity (Wildman–Crippen MR) is 81.2 cm³/mol. The number of hydrogen-bond donors (Lipinski definition) is 0. The first-order chi connectivity index (χ1) is 9.83. The summed E-state index contributed by atoms with van der Waals surface area (Å²) in [6.45, 7) is 2.53. The maximum Gasteiger partial charge on any atom is -1.00 e. The smallest absolute Gasteiger partial charge is 1.00 e. The summed E-state index contributed by atoms with van der Waals surface area (Å²) in [6, 6.07) is 0. The van der Waals surface area contributed by atoms with Crippen molar-refractivity contribution in [2.24, 2.45) is 17.8 Å². The molecule has 0 saturated heterocycles. The number of hydrogen-bond acceptors (Lipinski definition) is 0. The summed E-state index contributed by atoms with van der Waals surface area (Å²) < 4.78 is 2.08. The van der Waals surface area contributed by atoms with Gasteiger partial charge in [-0.2, -0.15) is 0 Å². The quantitative estimate of drug-likeness (QED) is 0.571. The predicted octanol–water partition coefficient (Wildman–Crippen LogP) is -0.507. The molecule has 2 fully saturated rings. The van der Waals surface area contributed by atoms with Gasteiger partial charge in [0.1, 0.15) is 0 Å². The van der Waals surface area contributed by atoms with E-state index in [2.05, 4.69) is 43.4 Å². The molecule has 0 spiro atoms. The van der Waals surface area contributed by atoms with Crippen LogP contribution in [0.4, 0.5) is 0 Å². The largest absolute Gasteiger partial charge is 1.00 e. The van der Waals surface area contributed by atoms with Crippen LogP contribution >= 0.6 is 0 Å². The number of rotatable bonds is 2. The van der Waals surface area contributed by atoms with E-state index in [1.165, 1.54) is 32.1 Å². The second-order valence-electron chi connectivity index (χ2n) is 7.04. The van der Waals surface area contributed by atoms with E-state index in [-0.39, 0.29) is 48.0 Å². The van der Waals surface area contributed by atoms with Gasteiger partial charge in [-0.25, -0.2) is 0 Å². The Kier molecular flexibility index (Phi) is 6.82. The summed E-state index contributed by atoms with van der Waals surface area (Å²) in [5, 5.41) is 0. The minimum absolute atomic E-state index is 0. The van der Waals surface area contributed by atoms with Crippen LogP contribution < -0.4 is 24.8 Å². The van der Waals surface area contributed by atoms with Gasteiger partial charge in [-0.05, 0) is 0 Å². The maximum atomic E-state index is 2.53. The van der Waals surface area contributed by atoms with E-state index in [4.69, 9.17) is 0 Å². The van der Waals surface area contributed by atoms with Crippen molar-refractivity contribution < 1.29 is 48.0 Å². The normalized spacial score (nSPS) is 38.0. The molecule has 118 valence electrons. The molecular formula is C19H24Cl2Zr. The van der Waals surface area contributed by atoms with E-state index in [1.54, 1.807) is 0 Å². The van der Waals surface area contributed by atoms with E-state index in [0.717, 1.165) is 25.0 Å². The minimum Gasteiger partial charge on any atom is -1.00 e. The molecule has 5 atom stereocenters. The minimum atomic E-state index is -0.342. The summed E-state index contributed by atoms with van der Waals surface area (Å²) in [5.41, 5.74) is 3.73. The molecule has 0 aromatic carbocycles. The molecule has 0 aromatic rings. The summed E-state index contributed by atoms with van der Waals surface area (Å²) in [7, 11) is 0. The monoisotopic (exact) mass is 412 g/mol. The topological polar surface area (TPSA) is 0 Å². The zero-order valence-electron chi connectivity index (χ0n) is 13.1. The third-order valence-electron chi connectivity index (χ3n) is 5.80. The van der Waals surface area contributed by atoms with Crippen LogP contribution in [0, 0.1) is 17.8 Å². The Morgan fingerprint density at radius 2 is 1.59 bits per heavy atom. The summed E-state index contributed by atoms with van der Waals surface area (Å²) in [5.74, 6) is 2.81. The average molecular weight is 415 g/mol. The first kappa shape index (κ1) is 18.8. The standard InChI is InChI=1S/C10H13.C9H11.2ClH.Zr/c1-8-6-9-4-2-3-5-10(9)7-8;1-2-5-9-7-3-6-8(9)4-1;;;/h2-4,6,8,10H,5,7H2,1H3;1-2,4,6,9H,3,5,7H2;2*1H;/q;;;;+2/p-2. The molecule has 0 heterocycles. The molecule has 2 saturated carbocycles. The Morgan fingerprint density at radius 3 is 2.36 bits per heavy atom. The average Bonchev–Trinajstić information content (AvgIpc) is 3.02. The molecule has 22 heavy (non-hydrogen) atoms. The van der Waals surface area contributed by atoms with Crippen LogP contribution in [0.15, 0.2) is 47.6 Å². The van der Waals surface area contributed by atoms with Gasteiger partial charge >= 0.3 is 135 Å². The summed E-state index contributed by atoms with van der Waals surface area (Å²) in [6.07, 6.45) is 21.5. The number of allylic oxidation sites excluding steroid dienone is 8. The van der Waals surface area contributed by atoms with Gasteiger partial charge in [0.15, 0.2) is 0 Å². The fourth-order valence-corrected chi connectivity index (χ4v) is 10.4. The molecule has 5 unspecified atom stereocenters. The molecule has 0 amide bonds. The number of halogens is 2. The summed E-state index contributed by atoms with van der Waals surface area (Å²) in [4.78, 5) is 0. The van der Waals surface area contributed by atoms with Gasteiger partial charge < -0.3 is 24.8 Å². The molecule has 0 N–H and O–H groups in total. The Labute approximate surface area is 159 Å². The van der Waals surface area contributed by atoms with Crippen molar-refractivity contribution in [1.29, 1.82) is 0 Å². The van der Waals surface area contributed by atoms with Crippen molar-refractivity contribution in [1.82, 2.24) is 0 Å². The van der Waals surface area contributed by atoms with Crippen LogP contribution in [0.1, 0.15) is 39.0 Å². The van der Waals surface area contributed by atoms with Crippen LogP contribution in [-0.2, 0) is 23.2 Å². The van der Waals surface area contributed by atoms with E-state index >= 15 is 0 Å². The number of fused-ring (bicyclic) bond motifs is 2. The van der Waals surface area contributed by atoms with Crippen molar-refractivity contribution in [3.05, 3.63) is 47.6 Å². The van der Waals surface area contributed by atoms with Crippen LogP contribution in [0.25, 0.3) is 0 Å². The van der Waals surface area contributed by atoms with Crippen LogP contribution in [0.2, 0.25) is 7.25 Å². The van der Waals surface area contributed by atoms with E-state index < -0.39 is 0 Å². The fourth-order valence-electron chi connectivity index (χ4n) is 4.77. The molecule has 4 aliphatic rings. The molecular weight excluding hydrogens is 390 g/mol. The first-order valence-corrected chi connectivity index (χ1v) is 11.2. The van der Waals surface area contributed by atoms with Crippen LogP contribution in [0.5, 0.6) is 0 Å². The Morgan fingerprint density at radius 1 is 0.909 bits per heavy atom. The third-order valence-corrected chi connectivity index (χ3v) is 11.4. The molecule has 0 bridgehead atoms. The third kappa shape index (κ3) is 3.43. The zero-order chi connectivity index (χ0) is 13.5. The first-order valence-electron chi connectivity index (χ1n) is 8.32. The van der Waals surface area contributed by atoms with Gasteiger partial charge in [-0.3, -0.25) is 0 Å². The van der Waals surface area contributed by atoms with Gasteiger partial charge in [0.25, 0.3) is 0 Å². The van der Waals surface area contributed by atoms with E-state index in [1.807, 2.05) is 11.1 Å². The van der Waals surface area contributed by atoms with Crippen molar-refractivity contribution >= 4 is 0 Å². The van der Waals surface area contributed by atoms with Gasteiger partial charge in [-0.15, -0.1) is 0 Å². The Bertz CT molecular complexity index is 518. The van der Waals surface area contributed by atoms with Gasteiger partial charge in [0.2, 0.25) is 0 Å². The second kappa shape index (κ2) is 8.00. The molecule has 3 heteroatoms. The second-order valence-corrected chi connectivity index (χ2v) is 11.1. The van der Waals surface area contributed by atoms with E-state index in [9.17, 15) is 0 Å². The molecule has 4 aliphatic carbocycles. The molecule has 0 aromatic heterocycles. The summed E-state index contributed by atoms with van der Waals surface area (Å²) >= 11 is -0.342. The van der Waals surface area contributed by atoms with Crippen LogP contribution in [0.3, 0.4) is 0 Å². The van der Waals surface area contributed by atoms with Crippen LogP contribution in [-0.4, -0.2) is 0 Å². The van der Waals surface area contributed by atoms with Crippen molar-refractivity contribution in [2.45, 2.75) is 46.3 Å². The van der Waals surface area contributed by atoms with Gasteiger partial charge in [-0.1, -0.05) is 0 Å². The molecule has 0 nitrogen and oxygen atoms in total.